The van der Waals surface area contributed by atoms with Crippen molar-refractivity contribution in [3.63, 3.8) is 0 Å². The number of hydrogen-bond donors (Lipinski definition) is 1. The summed E-state index contributed by atoms with van der Waals surface area (Å²) in [7, 11) is 0. The highest BCUT2D eigenvalue weighted by Gasteiger charge is 2.32. The van der Waals surface area contributed by atoms with Crippen LogP contribution in [0.4, 0.5) is 0 Å². The van der Waals surface area contributed by atoms with E-state index in [0.29, 0.717) is 12.6 Å². The van der Waals surface area contributed by atoms with E-state index in [1.165, 1.54) is 5.56 Å². The molecule has 0 spiro atoms. The first-order chi connectivity index (χ1) is 13.7. The number of rotatable bonds is 6. The van der Waals surface area contributed by atoms with Crippen LogP contribution in [-0.4, -0.2) is 78.4 Å². The first-order valence-corrected chi connectivity index (χ1v) is 10.7. The third-order valence-electron chi connectivity index (χ3n) is 6.21. The molecule has 0 radical (unpaired) electrons. The quantitative estimate of drug-likeness (QED) is 0.804. The zero-order valence-electron chi connectivity index (χ0n) is 16.7. The molecule has 4 rings (SSSR count). The molecule has 2 saturated heterocycles. The van der Waals surface area contributed by atoms with Crippen LogP contribution in [0.15, 0.2) is 30.3 Å². The van der Waals surface area contributed by atoms with Gasteiger partial charge in [-0.3, -0.25) is 19.4 Å². The highest BCUT2D eigenvalue weighted by Crippen LogP contribution is 2.29. The SMILES string of the molecule is O=C(NC1CCN(CC(=O)N2CCN(Cc3ccccc3)CC2)CC1)C1CC1. The van der Waals surface area contributed by atoms with Gasteiger partial charge in [0.1, 0.15) is 0 Å². The fourth-order valence-electron chi connectivity index (χ4n) is 4.19. The van der Waals surface area contributed by atoms with Crippen molar-refractivity contribution in [2.45, 2.75) is 38.3 Å². The van der Waals surface area contributed by atoms with Gasteiger partial charge in [-0.1, -0.05) is 30.3 Å². The minimum atomic E-state index is 0.239. The molecule has 6 nitrogen and oxygen atoms in total. The van der Waals surface area contributed by atoms with E-state index in [1.807, 2.05) is 11.0 Å². The van der Waals surface area contributed by atoms with Crippen molar-refractivity contribution >= 4 is 11.8 Å². The molecule has 28 heavy (non-hydrogen) atoms. The van der Waals surface area contributed by atoms with Crippen molar-refractivity contribution in [2.24, 2.45) is 5.92 Å². The van der Waals surface area contributed by atoms with E-state index in [0.717, 1.165) is 71.5 Å². The van der Waals surface area contributed by atoms with Gasteiger partial charge in [0.15, 0.2) is 0 Å². The maximum atomic E-state index is 12.7. The fraction of sp³-hybridized carbons (Fsp3) is 0.636. The van der Waals surface area contributed by atoms with Gasteiger partial charge in [-0.2, -0.15) is 0 Å². The Kier molecular flexibility index (Phi) is 6.27. The summed E-state index contributed by atoms with van der Waals surface area (Å²) in [5.41, 5.74) is 1.33. The number of likely N-dealkylation sites (tertiary alicyclic amines) is 1. The smallest absolute Gasteiger partial charge is 0.236 e. The number of benzene rings is 1. The van der Waals surface area contributed by atoms with Crippen molar-refractivity contribution < 1.29 is 9.59 Å². The molecule has 3 fully saturated rings. The molecule has 2 heterocycles. The number of piperidine rings is 1. The molecule has 0 aromatic heterocycles. The number of nitrogens with zero attached hydrogens (tertiary/aromatic N) is 3. The van der Waals surface area contributed by atoms with E-state index in [9.17, 15) is 9.59 Å². The van der Waals surface area contributed by atoms with E-state index in [1.54, 1.807) is 0 Å². The monoisotopic (exact) mass is 384 g/mol. The van der Waals surface area contributed by atoms with Gasteiger partial charge in [0.25, 0.3) is 0 Å². The minimum absolute atomic E-state index is 0.239. The number of hydrogen-bond acceptors (Lipinski definition) is 4. The largest absolute Gasteiger partial charge is 0.353 e. The summed E-state index contributed by atoms with van der Waals surface area (Å²) >= 11 is 0. The second kappa shape index (κ2) is 9.05. The Morgan fingerprint density at radius 3 is 2.18 bits per heavy atom. The molecule has 1 aromatic carbocycles. The van der Waals surface area contributed by atoms with Gasteiger partial charge >= 0.3 is 0 Å². The van der Waals surface area contributed by atoms with Crippen LogP contribution < -0.4 is 5.32 Å². The Bertz CT molecular complexity index is 660. The Morgan fingerprint density at radius 1 is 0.857 bits per heavy atom. The molecule has 152 valence electrons. The van der Waals surface area contributed by atoms with Crippen molar-refractivity contribution in [3.05, 3.63) is 35.9 Å². The summed E-state index contributed by atoms with van der Waals surface area (Å²) in [6, 6.07) is 10.8. The van der Waals surface area contributed by atoms with Crippen LogP contribution in [-0.2, 0) is 16.1 Å². The van der Waals surface area contributed by atoms with Crippen LogP contribution in [0.2, 0.25) is 0 Å². The predicted molar refractivity (Wildman–Crippen MR) is 109 cm³/mol. The number of piperazine rings is 1. The Morgan fingerprint density at radius 2 is 1.54 bits per heavy atom. The number of nitrogens with one attached hydrogen (secondary N) is 1. The second-order valence-corrected chi connectivity index (χ2v) is 8.48. The van der Waals surface area contributed by atoms with E-state index < -0.39 is 0 Å². The van der Waals surface area contributed by atoms with E-state index in [4.69, 9.17) is 0 Å². The predicted octanol–water partition coefficient (Wildman–Crippen LogP) is 1.32. The van der Waals surface area contributed by atoms with Crippen LogP contribution in [0.1, 0.15) is 31.2 Å². The van der Waals surface area contributed by atoms with E-state index >= 15 is 0 Å². The minimum Gasteiger partial charge on any atom is -0.353 e. The van der Waals surface area contributed by atoms with Gasteiger partial charge in [-0.25, -0.2) is 0 Å². The van der Waals surface area contributed by atoms with Gasteiger partial charge in [0.2, 0.25) is 11.8 Å². The Balaban J connectivity index is 1.14. The zero-order valence-corrected chi connectivity index (χ0v) is 16.7. The Hall–Kier alpha value is -1.92. The zero-order chi connectivity index (χ0) is 19.3. The third kappa shape index (κ3) is 5.32. The first kappa shape index (κ1) is 19.4. The molecule has 0 unspecified atom stereocenters. The van der Waals surface area contributed by atoms with Crippen LogP contribution >= 0.6 is 0 Å². The molecule has 6 heteroatoms. The summed E-state index contributed by atoms with van der Waals surface area (Å²) in [4.78, 5) is 31.3. The first-order valence-electron chi connectivity index (χ1n) is 10.7. The Labute approximate surface area is 167 Å². The molecule has 1 saturated carbocycles. The molecule has 0 atom stereocenters. The average molecular weight is 385 g/mol. The lowest BCUT2D eigenvalue weighted by Gasteiger charge is -2.37. The standard InChI is InChI=1S/C22H32N4O2/c27-21(17-24-10-8-20(9-11-24)23-22(28)19-6-7-19)26-14-12-25(13-15-26)16-18-4-2-1-3-5-18/h1-5,19-20H,6-17H2,(H,23,28). The molecule has 3 aliphatic rings. The summed E-state index contributed by atoms with van der Waals surface area (Å²) in [5.74, 6) is 0.767. The van der Waals surface area contributed by atoms with Crippen molar-refractivity contribution in [1.29, 1.82) is 0 Å². The van der Waals surface area contributed by atoms with Gasteiger partial charge in [0, 0.05) is 57.8 Å². The topological polar surface area (TPSA) is 55.9 Å². The summed E-state index contributed by atoms with van der Waals surface area (Å²) in [6.07, 6.45) is 4.02. The number of carbonyl (C=O) groups is 2. The third-order valence-corrected chi connectivity index (χ3v) is 6.21. The normalized spacial score (nSPS) is 22.2. The van der Waals surface area contributed by atoms with Crippen molar-refractivity contribution in [1.82, 2.24) is 20.0 Å². The number of amides is 2. The van der Waals surface area contributed by atoms with Crippen molar-refractivity contribution in [2.75, 3.05) is 45.8 Å². The highest BCUT2D eigenvalue weighted by atomic mass is 16.2. The molecule has 1 N–H and O–H groups in total. The lowest BCUT2D eigenvalue weighted by Crippen LogP contribution is -2.52. The molecule has 1 aromatic rings. The van der Waals surface area contributed by atoms with Gasteiger partial charge in [-0.15, -0.1) is 0 Å². The highest BCUT2D eigenvalue weighted by molar-refractivity contribution is 5.81. The van der Waals surface area contributed by atoms with E-state index in [-0.39, 0.29) is 17.7 Å². The van der Waals surface area contributed by atoms with E-state index in [2.05, 4.69) is 39.4 Å². The van der Waals surface area contributed by atoms with Crippen LogP contribution in [0.25, 0.3) is 0 Å². The van der Waals surface area contributed by atoms with Gasteiger partial charge in [-0.05, 0) is 31.2 Å². The molecule has 1 aliphatic carbocycles. The maximum Gasteiger partial charge on any atom is 0.236 e. The second-order valence-electron chi connectivity index (χ2n) is 8.48. The van der Waals surface area contributed by atoms with Crippen LogP contribution in [0, 0.1) is 5.92 Å². The maximum absolute atomic E-state index is 12.7. The fourth-order valence-corrected chi connectivity index (χ4v) is 4.19. The van der Waals surface area contributed by atoms with Gasteiger partial charge < -0.3 is 10.2 Å². The van der Waals surface area contributed by atoms with Crippen molar-refractivity contribution in [3.8, 4) is 0 Å². The molecular formula is C22H32N4O2. The van der Waals surface area contributed by atoms with Crippen LogP contribution in [0.3, 0.4) is 0 Å². The van der Waals surface area contributed by atoms with Crippen LogP contribution in [0.5, 0.6) is 0 Å². The molecular weight excluding hydrogens is 352 g/mol. The molecule has 2 amide bonds. The van der Waals surface area contributed by atoms with Gasteiger partial charge in [0.05, 0.1) is 6.54 Å². The molecule has 2 aliphatic heterocycles. The summed E-state index contributed by atoms with van der Waals surface area (Å²) in [6.45, 7) is 6.79. The number of carbonyl (C=O) groups excluding carboxylic acids is 2. The summed E-state index contributed by atoms with van der Waals surface area (Å²) in [5, 5.41) is 3.18. The lowest BCUT2D eigenvalue weighted by molar-refractivity contribution is -0.134. The molecule has 0 bridgehead atoms. The average Bonchev–Trinajstić information content (AvgIpc) is 3.56. The lowest BCUT2D eigenvalue weighted by atomic mass is 10.0. The summed E-state index contributed by atoms with van der Waals surface area (Å²) < 4.78 is 0.